The number of hydrogen-bond donors (Lipinski definition) is 2. The van der Waals surface area contributed by atoms with E-state index < -0.39 is 0 Å². The number of aromatic nitrogens is 2. The second kappa shape index (κ2) is 5.21. The van der Waals surface area contributed by atoms with Gasteiger partial charge in [-0.2, -0.15) is 0 Å². The number of nitrogens with zero attached hydrogens (tertiary/aromatic N) is 2. The molecular weight excluding hydrogens is 248 g/mol. The Hall–Kier alpha value is -1.94. The molecule has 0 aliphatic heterocycles. The monoisotopic (exact) mass is 268 g/mol. The van der Waals surface area contributed by atoms with Crippen LogP contribution in [0.5, 0.6) is 0 Å². The number of anilines is 1. The molecule has 0 radical (unpaired) electrons. The van der Waals surface area contributed by atoms with E-state index in [0.717, 1.165) is 35.7 Å². The van der Waals surface area contributed by atoms with Crippen LogP contribution in [0.15, 0.2) is 24.3 Å². The van der Waals surface area contributed by atoms with E-state index in [4.69, 9.17) is 10.8 Å². The molecule has 1 aromatic heterocycles. The number of hydrogen-bond acceptors (Lipinski definition) is 4. The maximum atomic E-state index is 5.57. The van der Waals surface area contributed by atoms with Crippen LogP contribution in [0.2, 0.25) is 0 Å². The van der Waals surface area contributed by atoms with Gasteiger partial charge in [0.15, 0.2) is 0 Å². The fourth-order valence-corrected chi connectivity index (χ4v) is 2.97. The van der Waals surface area contributed by atoms with Crippen molar-refractivity contribution in [1.29, 1.82) is 0 Å². The first-order valence-electron chi connectivity index (χ1n) is 7.10. The van der Waals surface area contributed by atoms with Gasteiger partial charge in [-0.05, 0) is 44.2 Å². The Morgan fingerprint density at radius 2 is 2.00 bits per heavy atom. The van der Waals surface area contributed by atoms with Gasteiger partial charge in [0.25, 0.3) is 0 Å². The summed E-state index contributed by atoms with van der Waals surface area (Å²) >= 11 is 0. The lowest BCUT2D eigenvalue weighted by molar-refractivity contribution is 0.588. The highest BCUT2D eigenvalue weighted by molar-refractivity contribution is 5.46. The maximum Gasteiger partial charge on any atom is 0.146 e. The highest BCUT2D eigenvalue weighted by Crippen LogP contribution is 2.35. The molecule has 1 heterocycles. The van der Waals surface area contributed by atoms with Crippen LogP contribution in [-0.4, -0.2) is 9.97 Å². The van der Waals surface area contributed by atoms with Crippen molar-refractivity contribution in [2.45, 2.75) is 39.0 Å². The number of aryl methyl sites for hydroxylation is 2. The maximum absolute atomic E-state index is 5.57. The van der Waals surface area contributed by atoms with Gasteiger partial charge in [0.05, 0.1) is 0 Å². The Kier molecular flexibility index (Phi) is 3.40. The van der Waals surface area contributed by atoms with E-state index in [9.17, 15) is 0 Å². The van der Waals surface area contributed by atoms with Crippen molar-refractivity contribution in [3.8, 4) is 0 Å². The van der Waals surface area contributed by atoms with Crippen LogP contribution in [0.1, 0.15) is 47.0 Å². The number of rotatable bonds is 2. The standard InChI is InChI=1S/C16H20N4/c1-10-11(2)18-16(19-15(10)20-17)14-9-5-7-12-6-3-4-8-13(12)14/h3-4,6,8,14H,5,7,9,17H2,1-2H3,(H,18,19,20). The normalized spacial score (nSPS) is 17.6. The zero-order chi connectivity index (χ0) is 14.1. The summed E-state index contributed by atoms with van der Waals surface area (Å²) in [5, 5.41) is 0. The van der Waals surface area contributed by atoms with Crippen LogP contribution >= 0.6 is 0 Å². The topological polar surface area (TPSA) is 63.8 Å². The van der Waals surface area contributed by atoms with Gasteiger partial charge in [-0.25, -0.2) is 15.8 Å². The number of nitrogen functional groups attached to an aromatic ring is 1. The van der Waals surface area contributed by atoms with Crippen LogP contribution in [0, 0.1) is 13.8 Å². The van der Waals surface area contributed by atoms with Crippen LogP contribution in [0.25, 0.3) is 0 Å². The number of hydrazine groups is 1. The van der Waals surface area contributed by atoms with Crippen LogP contribution in [0.3, 0.4) is 0 Å². The number of nitrogens with two attached hydrogens (primary N) is 1. The Morgan fingerprint density at radius 3 is 2.80 bits per heavy atom. The lowest BCUT2D eigenvalue weighted by Gasteiger charge is -2.25. The Labute approximate surface area is 119 Å². The smallest absolute Gasteiger partial charge is 0.146 e. The van der Waals surface area contributed by atoms with Crippen molar-refractivity contribution in [2.24, 2.45) is 5.84 Å². The summed E-state index contributed by atoms with van der Waals surface area (Å²) in [7, 11) is 0. The molecule has 104 valence electrons. The number of nitrogens with one attached hydrogen (secondary N) is 1. The molecule has 20 heavy (non-hydrogen) atoms. The van der Waals surface area contributed by atoms with Crippen molar-refractivity contribution >= 4 is 5.82 Å². The minimum Gasteiger partial charge on any atom is -0.308 e. The van der Waals surface area contributed by atoms with Crippen LogP contribution in [0.4, 0.5) is 5.82 Å². The van der Waals surface area contributed by atoms with E-state index in [2.05, 4.69) is 34.7 Å². The van der Waals surface area contributed by atoms with Gasteiger partial charge in [-0.3, -0.25) is 0 Å². The van der Waals surface area contributed by atoms with E-state index in [1.165, 1.54) is 17.5 Å². The summed E-state index contributed by atoms with van der Waals surface area (Å²) in [4.78, 5) is 9.32. The molecule has 4 heteroatoms. The number of fused-ring (bicyclic) bond motifs is 1. The fourth-order valence-electron chi connectivity index (χ4n) is 2.97. The Morgan fingerprint density at radius 1 is 1.20 bits per heavy atom. The van der Waals surface area contributed by atoms with Crippen LogP contribution in [-0.2, 0) is 6.42 Å². The molecule has 3 N–H and O–H groups in total. The third-order valence-electron chi connectivity index (χ3n) is 4.22. The molecular formula is C16H20N4. The SMILES string of the molecule is Cc1nc(C2CCCc3ccccc32)nc(NN)c1C. The molecule has 0 spiro atoms. The minimum absolute atomic E-state index is 0.284. The van der Waals surface area contributed by atoms with Gasteiger partial charge in [-0.15, -0.1) is 0 Å². The molecule has 0 saturated carbocycles. The largest absolute Gasteiger partial charge is 0.308 e. The van der Waals surface area contributed by atoms with Crippen molar-refractivity contribution in [1.82, 2.24) is 9.97 Å². The average molecular weight is 268 g/mol. The predicted molar refractivity (Wildman–Crippen MR) is 80.5 cm³/mol. The van der Waals surface area contributed by atoms with Gasteiger partial charge in [0.1, 0.15) is 11.6 Å². The van der Waals surface area contributed by atoms with E-state index in [-0.39, 0.29) is 5.92 Å². The Balaban J connectivity index is 2.09. The molecule has 2 aromatic rings. The van der Waals surface area contributed by atoms with E-state index in [1.54, 1.807) is 0 Å². The summed E-state index contributed by atoms with van der Waals surface area (Å²) in [6, 6.07) is 8.62. The van der Waals surface area contributed by atoms with Crippen LogP contribution < -0.4 is 11.3 Å². The molecule has 0 fully saturated rings. The summed E-state index contributed by atoms with van der Waals surface area (Å²) in [6.45, 7) is 4.00. The summed E-state index contributed by atoms with van der Waals surface area (Å²) < 4.78 is 0. The fraction of sp³-hybridized carbons (Fsp3) is 0.375. The second-order valence-corrected chi connectivity index (χ2v) is 5.43. The Bertz CT molecular complexity index is 636. The highest BCUT2D eigenvalue weighted by Gasteiger charge is 2.24. The minimum atomic E-state index is 0.284. The highest BCUT2D eigenvalue weighted by atomic mass is 15.3. The first kappa shape index (κ1) is 13.1. The molecule has 1 aromatic carbocycles. The molecule has 1 unspecified atom stereocenters. The zero-order valence-electron chi connectivity index (χ0n) is 12.0. The summed E-state index contributed by atoms with van der Waals surface area (Å²) in [6.07, 6.45) is 3.44. The molecule has 0 saturated heterocycles. The summed E-state index contributed by atoms with van der Waals surface area (Å²) in [5.41, 5.74) is 7.48. The average Bonchev–Trinajstić information content (AvgIpc) is 2.49. The van der Waals surface area contributed by atoms with E-state index >= 15 is 0 Å². The van der Waals surface area contributed by atoms with Gasteiger partial charge in [0, 0.05) is 17.2 Å². The van der Waals surface area contributed by atoms with Crippen molar-refractivity contribution in [3.05, 3.63) is 52.5 Å². The first-order chi connectivity index (χ1) is 9.70. The molecule has 0 bridgehead atoms. The van der Waals surface area contributed by atoms with E-state index in [1.807, 2.05) is 13.8 Å². The lowest BCUT2D eigenvalue weighted by atomic mass is 9.82. The van der Waals surface area contributed by atoms with E-state index in [0.29, 0.717) is 0 Å². The molecule has 3 rings (SSSR count). The zero-order valence-corrected chi connectivity index (χ0v) is 12.0. The molecule has 4 nitrogen and oxygen atoms in total. The molecule has 0 amide bonds. The lowest BCUT2D eigenvalue weighted by Crippen LogP contribution is -2.18. The van der Waals surface area contributed by atoms with Gasteiger partial charge >= 0.3 is 0 Å². The van der Waals surface area contributed by atoms with Crippen molar-refractivity contribution in [2.75, 3.05) is 5.43 Å². The summed E-state index contributed by atoms with van der Waals surface area (Å²) in [5.74, 6) is 7.47. The van der Waals surface area contributed by atoms with Crippen molar-refractivity contribution in [3.63, 3.8) is 0 Å². The predicted octanol–water partition coefficient (Wildman–Crippen LogP) is 2.85. The molecule has 1 aliphatic rings. The second-order valence-electron chi connectivity index (χ2n) is 5.43. The van der Waals surface area contributed by atoms with Gasteiger partial charge in [-0.1, -0.05) is 24.3 Å². The molecule has 1 aliphatic carbocycles. The van der Waals surface area contributed by atoms with Gasteiger partial charge in [0.2, 0.25) is 0 Å². The molecule has 1 atom stereocenters. The third-order valence-corrected chi connectivity index (χ3v) is 4.22. The third kappa shape index (κ3) is 2.16. The first-order valence-corrected chi connectivity index (χ1v) is 7.10. The number of benzene rings is 1. The van der Waals surface area contributed by atoms with Crippen molar-refractivity contribution < 1.29 is 0 Å². The quantitative estimate of drug-likeness (QED) is 0.649. The van der Waals surface area contributed by atoms with Gasteiger partial charge < -0.3 is 5.43 Å².